The van der Waals surface area contributed by atoms with Crippen molar-refractivity contribution in [1.29, 1.82) is 0 Å². The van der Waals surface area contributed by atoms with Gasteiger partial charge in [0.05, 0.1) is 0 Å². The third-order valence-corrected chi connectivity index (χ3v) is 5.03. The van der Waals surface area contributed by atoms with Crippen molar-refractivity contribution in [1.82, 2.24) is 10.2 Å². The van der Waals surface area contributed by atoms with E-state index >= 15 is 0 Å². The highest BCUT2D eigenvalue weighted by atomic mass is 35.5. The van der Waals surface area contributed by atoms with Gasteiger partial charge >= 0.3 is 0 Å². The molecule has 1 unspecified atom stereocenters. The molecule has 2 rings (SSSR count). The SMILES string of the molecule is CCC1CN(CC2CCNCC2)CCS1.Cl. The van der Waals surface area contributed by atoms with Crippen LogP contribution in [0.25, 0.3) is 0 Å². The van der Waals surface area contributed by atoms with Gasteiger partial charge in [0, 0.05) is 30.6 Å². The minimum absolute atomic E-state index is 0. The Labute approximate surface area is 110 Å². The van der Waals surface area contributed by atoms with Crippen molar-refractivity contribution in [2.75, 3.05) is 38.5 Å². The van der Waals surface area contributed by atoms with E-state index < -0.39 is 0 Å². The van der Waals surface area contributed by atoms with Crippen molar-refractivity contribution >= 4 is 24.2 Å². The lowest BCUT2D eigenvalue weighted by Crippen LogP contribution is -2.42. The van der Waals surface area contributed by atoms with E-state index in [-0.39, 0.29) is 12.4 Å². The molecule has 1 N–H and O–H groups in total. The Morgan fingerprint density at radius 3 is 2.75 bits per heavy atom. The summed E-state index contributed by atoms with van der Waals surface area (Å²) in [6.45, 7) is 8.83. The number of hydrogen-bond donors (Lipinski definition) is 1. The van der Waals surface area contributed by atoms with Crippen LogP contribution in [0.15, 0.2) is 0 Å². The molecule has 0 aliphatic carbocycles. The van der Waals surface area contributed by atoms with Gasteiger partial charge in [0.15, 0.2) is 0 Å². The molecule has 2 fully saturated rings. The number of rotatable bonds is 3. The second-order valence-corrected chi connectivity index (χ2v) is 6.26. The average Bonchev–Trinajstić information content (AvgIpc) is 2.31. The van der Waals surface area contributed by atoms with Gasteiger partial charge in [0.2, 0.25) is 0 Å². The minimum Gasteiger partial charge on any atom is -0.317 e. The molecule has 2 heterocycles. The molecule has 0 radical (unpaired) electrons. The highest BCUT2D eigenvalue weighted by Gasteiger charge is 2.22. The molecule has 16 heavy (non-hydrogen) atoms. The highest BCUT2D eigenvalue weighted by molar-refractivity contribution is 8.00. The summed E-state index contributed by atoms with van der Waals surface area (Å²) in [5.41, 5.74) is 0. The molecule has 0 amide bonds. The minimum atomic E-state index is 0. The number of nitrogens with zero attached hydrogens (tertiary/aromatic N) is 1. The van der Waals surface area contributed by atoms with E-state index in [9.17, 15) is 0 Å². The summed E-state index contributed by atoms with van der Waals surface area (Å²) >= 11 is 2.17. The summed E-state index contributed by atoms with van der Waals surface area (Å²) in [6.07, 6.45) is 4.12. The Morgan fingerprint density at radius 2 is 2.06 bits per heavy atom. The Balaban J connectivity index is 0.00000128. The van der Waals surface area contributed by atoms with Crippen molar-refractivity contribution in [2.24, 2.45) is 5.92 Å². The summed E-state index contributed by atoms with van der Waals surface area (Å²) in [4.78, 5) is 2.71. The lowest BCUT2D eigenvalue weighted by atomic mass is 9.97. The Morgan fingerprint density at radius 1 is 1.31 bits per heavy atom. The fourth-order valence-corrected chi connectivity index (χ4v) is 3.87. The van der Waals surface area contributed by atoms with Gasteiger partial charge in [-0.25, -0.2) is 0 Å². The van der Waals surface area contributed by atoms with Crippen LogP contribution >= 0.6 is 24.2 Å². The molecule has 1 atom stereocenters. The van der Waals surface area contributed by atoms with Crippen LogP contribution in [-0.4, -0.2) is 48.6 Å². The molecule has 0 aromatic heterocycles. The fraction of sp³-hybridized carbons (Fsp3) is 1.00. The van der Waals surface area contributed by atoms with Gasteiger partial charge in [0.25, 0.3) is 0 Å². The molecule has 2 aliphatic rings. The largest absolute Gasteiger partial charge is 0.317 e. The zero-order valence-corrected chi connectivity index (χ0v) is 11.9. The first kappa shape index (κ1) is 14.6. The zero-order valence-electron chi connectivity index (χ0n) is 10.3. The van der Waals surface area contributed by atoms with Crippen molar-refractivity contribution in [3.63, 3.8) is 0 Å². The van der Waals surface area contributed by atoms with Gasteiger partial charge in [-0.15, -0.1) is 12.4 Å². The monoisotopic (exact) mass is 264 g/mol. The van der Waals surface area contributed by atoms with Crippen LogP contribution in [0.3, 0.4) is 0 Å². The second-order valence-electron chi connectivity index (χ2n) is 4.85. The van der Waals surface area contributed by atoms with E-state index in [2.05, 4.69) is 28.9 Å². The van der Waals surface area contributed by atoms with E-state index in [0.29, 0.717) is 0 Å². The summed E-state index contributed by atoms with van der Waals surface area (Å²) in [5, 5.41) is 4.35. The van der Waals surface area contributed by atoms with Crippen molar-refractivity contribution < 1.29 is 0 Å². The molecule has 0 aromatic rings. The standard InChI is InChI=1S/C12H24N2S.ClH/c1-2-12-10-14(7-8-15-12)9-11-3-5-13-6-4-11;/h11-13H,2-10H2,1H3;1H. The quantitative estimate of drug-likeness (QED) is 0.842. The van der Waals surface area contributed by atoms with E-state index in [1.165, 1.54) is 57.7 Å². The molecule has 2 saturated heterocycles. The maximum absolute atomic E-state index is 3.45. The van der Waals surface area contributed by atoms with Crippen LogP contribution in [0.5, 0.6) is 0 Å². The van der Waals surface area contributed by atoms with Crippen LogP contribution < -0.4 is 5.32 Å². The Bertz CT molecular complexity index is 186. The van der Waals surface area contributed by atoms with Crippen molar-refractivity contribution in [3.05, 3.63) is 0 Å². The predicted octanol–water partition coefficient (Wildman–Crippen LogP) is 2.24. The van der Waals surface area contributed by atoms with E-state index in [1.54, 1.807) is 0 Å². The molecule has 0 saturated carbocycles. The first-order valence-corrected chi connectivity index (χ1v) is 7.48. The molecule has 2 aliphatic heterocycles. The van der Waals surface area contributed by atoms with Crippen molar-refractivity contribution in [2.45, 2.75) is 31.4 Å². The summed E-state index contributed by atoms with van der Waals surface area (Å²) in [6, 6.07) is 0. The van der Waals surface area contributed by atoms with Gasteiger partial charge in [-0.1, -0.05) is 6.92 Å². The number of thioether (sulfide) groups is 1. The molecule has 0 aromatic carbocycles. The third-order valence-electron chi connectivity index (χ3n) is 3.65. The molecule has 0 spiro atoms. The number of piperidine rings is 1. The lowest BCUT2D eigenvalue weighted by Gasteiger charge is -2.35. The normalized spacial score (nSPS) is 28.7. The molecule has 4 heteroatoms. The van der Waals surface area contributed by atoms with Gasteiger partial charge in [0.1, 0.15) is 0 Å². The lowest BCUT2D eigenvalue weighted by molar-refractivity contribution is 0.210. The zero-order chi connectivity index (χ0) is 10.5. The van der Waals surface area contributed by atoms with E-state index in [0.717, 1.165) is 11.2 Å². The molecular formula is C12H25ClN2S. The number of hydrogen-bond acceptors (Lipinski definition) is 3. The van der Waals surface area contributed by atoms with Gasteiger partial charge in [-0.2, -0.15) is 11.8 Å². The summed E-state index contributed by atoms with van der Waals surface area (Å²) in [5.74, 6) is 2.32. The fourth-order valence-electron chi connectivity index (χ4n) is 2.62. The van der Waals surface area contributed by atoms with E-state index in [4.69, 9.17) is 0 Å². The second kappa shape index (κ2) is 7.80. The topological polar surface area (TPSA) is 15.3 Å². The van der Waals surface area contributed by atoms with Crippen molar-refractivity contribution in [3.8, 4) is 0 Å². The first-order chi connectivity index (χ1) is 7.38. The first-order valence-electron chi connectivity index (χ1n) is 6.43. The third kappa shape index (κ3) is 4.44. The highest BCUT2D eigenvalue weighted by Crippen LogP contribution is 2.23. The predicted molar refractivity (Wildman–Crippen MR) is 75.8 cm³/mol. The van der Waals surface area contributed by atoms with Crippen LogP contribution in [0, 0.1) is 5.92 Å². The van der Waals surface area contributed by atoms with Gasteiger partial charge in [-0.3, -0.25) is 0 Å². The van der Waals surface area contributed by atoms with Crippen LogP contribution in [0.1, 0.15) is 26.2 Å². The molecule has 0 bridgehead atoms. The molecule has 2 nitrogen and oxygen atoms in total. The Kier molecular flexibility index (Phi) is 7.13. The number of nitrogens with one attached hydrogen (secondary N) is 1. The maximum Gasteiger partial charge on any atom is 0.0172 e. The molecule has 96 valence electrons. The maximum atomic E-state index is 3.45. The number of halogens is 1. The van der Waals surface area contributed by atoms with Crippen LogP contribution in [0.2, 0.25) is 0 Å². The molecular weight excluding hydrogens is 240 g/mol. The summed E-state index contributed by atoms with van der Waals surface area (Å²) in [7, 11) is 0. The smallest absolute Gasteiger partial charge is 0.0172 e. The van der Waals surface area contributed by atoms with E-state index in [1.807, 2.05) is 0 Å². The van der Waals surface area contributed by atoms with Crippen LogP contribution in [-0.2, 0) is 0 Å². The van der Waals surface area contributed by atoms with Crippen LogP contribution in [0.4, 0.5) is 0 Å². The Hall–Kier alpha value is 0.560. The van der Waals surface area contributed by atoms with Gasteiger partial charge in [-0.05, 0) is 38.3 Å². The average molecular weight is 265 g/mol. The summed E-state index contributed by atoms with van der Waals surface area (Å²) < 4.78 is 0. The van der Waals surface area contributed by atoms with Gasteiger partial charge < -0.3 is 10.2 Å².